The van der Waals surface area contributed by atoms with E-state index in [0.717, 1.165) is 11.4 Å². The van der Waals surface area contributed by atoms with Crippen LogP contribution in [0.15, 0.2) is 64.5 Å². The summed E-state index contributed by atoms with van der Waals surface area (Å²) in [5.41, 5.74) is 3.31. The van der Waals surface area contributed by atoms with Crippen LogP contribution in [0.25, 0.3) is 16.6 Å². The maximum atomic E-state index is 13.0. The number of aryl methyl sites for hydroxylation is 1. The first-order valence-electron chi connectivity index (χ1n) is 9.91. The molecule has 2 aromatic heterocycles. The van der Waals surface area contributed by atoms with Gasteiger partial charge in [-0.3, -0.25) is 9.36 Å². The van der Waals surface area contributed by atoms with Crippen molar-refractivity contribution in [2.24, 2.45) is 0 Å². The van der Waals surface area contributed by atoms with Crippen molar-refractivity contribution in [2.45, 2.75) is 30.8 Å². The molecule has 2 aromatic carbocycles. The summed E-state index contributed by atoms with van der Waals surface area (Å²) in [4.78, 5) is 17.7. The van der Waals surface area contributed by atoms with Gasteiger partial charge in [0.1, 0.15) is 6.07 Å². The molecule has 8 heteroatoms. The Kier molecular flexibility index (Phi) is 6.16. The molecule has 1 N–H and O–H groups in total. The molecule has 0 aliphatic rings. The Morgan fingerprint density at radius 2 is 1.87 bits per heavy atom. The second kappa shape index (κ2) is 9.16. The maximum Gasteiger partial charge on any atom is 0.262 e. The normalized spacial score (nSPS) is 11.0. The molecular weight excluding hydrogens is 410 g/mol. The molecule has 2 heterocycles. The Morgan fingerprint density at radius 3 is 2.61 bits per heavy atom. The highest BCUT2D eigenvalue weighted by atomic mass is 32.2. The van der Waals surface area contributed by atoms with E-state index in [4.69, 9.17) is 4.98 Å². The van der Waals surface area contributed by atoms with Crippen LogP contribution in [0, 0.1) is 18.3 Å². The molecule has 0 spiro atoms. The molecule has 0 unspecified atom stereocenters. The number of nitriles is 1. The van der Waals surface area contributed by atoms with Crippen LogP contribution in [0.3, 0.4) is 0 Å². The molecule has 0 aliphatic carbocycles. The third kappa shape index (κ3) is 4.10. The summed E-state index contributed by atoms with van der Waals surface area (Å²) in [6.07, 6.45) is 0.456. The van der Waals surface area contributed by atoms with Crippen LogP contribution in [0.4, 0.5) is 0 Å². The molecule has 0 saturated carbocycles. The lowest BCUT2D eigenvalue weighted by atomic mass is 10.2. The Morgan fingerprint density at radius 1 is 1.13 bits per heavy atom. The molecule has 0 saturated heterocycles. The largest absolute Gasteiger partial charge is 0.396 e. The smallest absolute Gasteiger partial charge is 0.262 e. The molecule has 7 nitrogen and oxygen atoms in total. The van der Waals surface area contributed by atoms with Crippen LogP contribution in [0.2, 0.25) is 0 Å². The molecule has 0 aliphatic heterocycles. The summed E-state index contributed by atoms with van der Waals surface area (Å²) in [6.45, 7) is 2.18. The van der Waals surface area contributed by atoms with Gasteiger partial charge in [-0.1, -0.05) is 42.1 Å². The summed E-state index contributed by atoms with van der Waals surface area (Å²) < 4.78 is 3.38. The van der Waals surface area contributed by atoms with E-state index in [0.29, 0.717) is 46.0 Å². The third-order valence-corrected chi connectivity index (χ3v) is 5.96. The number of hydrogen-bond donors (Lipinski definition) is 1. The predicted octanol–water partition coefficient (Wildman–Crippen LogP) is 3.44. The Hall–Kier alpha value is -3.41. The lowest BCUT2D eigenvalue weighted by Crippen LogP contribution is -2.24. The van der Waals surface area contributed by atoms with Gasteiger partial charge in [-0.05, 0) is 37.6 Å². The highest BCUT2D eigenvalue weighted by molar-refractivity contribution is 7.98. The first kappa shape index (κ1) is 20.8. The quantitative estimate of drug-likeness (QED) is 0.356. The number of aromatic nitrogens is 4. The van der Waals surface area contributed by atoms with Crippen molar-refractivity contribution >= 4 is 22.7 Å². The van der Waals surface area contributed by atoms with E-state index in [1.54, 1.807) is 15.3 Å². The van der Waals surface area contributed by atoms with Crippen LogP contribution < -0.4 is 5.56 Å². The summed E-state index contributed by atoms with van der Waals surface area (Å²) in [6, 6.07) is 19.2. The average Bonchev–Trinajstić information content (AvgIpc) is 3.13. The van der Waals surface area contributed by atoms with Gasteiger partial charge in [0.15, 0.2) is 5.16 Å². The number of aliphatic hydroxyl groups is 1. The number of nitrogens with zero attached hydrogens (tertiary/aromatic N) is 5. The number of aliphatic hydroxyl groups excluding tert-OH is 1. The molecule has 0 atom stereocenters. The fraction of sp³-hybridized carbons (Fsp3) is 0.217. The van der Waals surface area contributed by atoms with E-state index in [1.807, 2.05) is 55.5 Å². The monoisotopic (exact) mass is 431 g/mol. The molecule has 0 amide bonds. The van der Waals surface area contributed by atoms with Crippen LogP contribution in [0.5, 0.6) is 0 Å². The first-order valence-corrected chi connectivity index (χ1v) is 10.9. The fourth-order valence-corrected chi connectivity index (χ4v) is 4.48. The Bertz CT molecular complexity index is 1320. The first-order chi connectivity index (χ1) is 15.1. The second-order valence-electron chi connectivity index (χ2n) is 7.00. The second-order valence-corrected chi connectivity index (χ2v) is 7.94. The third-order valence-electron chi connectivity index (χ3n) is 4.97. The van der Waals surface area contributed by atoms with Crippen LogP contribution in [-0.4, -0.2) is 31.0 Å². The van der Waals surface area contributed by atoms with E-state index in [2.05, 4.69) is 11.2 Å². The average molecular weight is 432 g/mol. The topological polar surface area (TPSA) is 96.7 Å². The number of thioether (sulfide) groups is 1. The van der Waals surface area contributed by atoms with Crippen LogP contribution in [0.1, 0.15) is 23.4 Å². The van der Waals surface area contributed by atoms with Gasteiger partial charge in [-0.2, -0.15) is 10.4 Å². The molecule has 0 fully saturated rings. The Labute approximate surface area is 183 Å². The van der Waals surface area contributed by atoms with Gasteiger partial charge >= 0.3 is 0 Å². The maximum absolute atomic E-state index is 13.0. The van der Waals surface area contributed by atoms with Crippen molar-refractivity contribution in [1.82, 2.24) is 19.3 Å². The fourth-order valence-electron chi connectivity index (χ4n) is 3.45. The van der Waals surface area contributed by atoms with E-state index in [9.17, 15) is 15.2 Å². The van der Waals surface area contributed by atoms with Crippen molar-refractivity contribution in [2.75, 3.05) is 6.61 Å². The number of rotatable bonds is 7. The molecule has 31 heavy (non-hydrogen) atoms. The minimum absolute atomic E-state index is 0.0120. The van der Waals surface area contributed by atoms with E-state index in [1.165, 1.54) is 11.8 Å². The van der Waals surface area contributed by atoms with Gasteiger partial charge in [0.25, 0.3) is 5.56 Å². The Balaban J connectivity index is 1.76. The summed E-state index contributed by atoms with van der Waals surface area (Å²) in [5, 5.41) is 24.6. The van der Waals surface area contributed by atoms with Crippen molar-refractivity contribution in [3.63, 3.8) is 0 Å². The lowest BCUT2D eigenvalue weighted by Gasteiger charge is -2.13. The van der Waals surface area contributed by atoms with Crippen LogP contribution in [-0.2, 0) is 12.3 Å². The summed E-state index contributed by atoms with van der Waals surface area (Å²) >= 11 is 1.39. The van der Waals surface area contributed by atoms with Gasteiger partial charge in [-0.25, -0.2) is 9.67 Å². The van der Waals surface area contributed by atoms with Crippen molar-refractivity contribution in [1.29, 1.82) is 5.26 Å². The molecular formula is C23H21N5O2S. The van der Waals surface area contributed by atoms with Crippen molar-refractivity contribution in [3.8, 4) is 11.8 Å². The zero-order chi connectivity index (χ0) is 21.8. The summed E-state index contributed by atoms with van der Waals surface area (Å²) in [7, 11) is 0. The van der Waals surface area contributed by atoms with Crippen LogP contribution >= 0.6 is 11.8 Å². The van der Waals surface area contributed by atoms with Gasteiger partial charge < -0.3 is 5.11 Å². The molecule has 156 valence electrons. The number of benzene rings is 2. The standard InChI is InChI=1S/C23H21N5O2S/c1-16-19(14-24)21(28(26-16)17-8-3-2-4-9-17)15-31-23-25-20-11-6-5-10-18(20)22(30)27(23)12-7-13-29/h2-6,8-11,29H,7,12-13,15H2,1H3. The number of fused-ring (bicyclic) bond motifs is 1. The zero-order valence-electron chi connectivity index (χ0n) is 17.0. The van der Waals surface area contributed by atoms with Gasteiger partial charge in [0.2, 0.25) is 0 Å². The SMILES string of the molecule is Cc1nn(-c2ccccc2)c(CSc2nc3ccccc3c(=O)n2CCCO)c1C#N. The van der Waals surface area contributed by atoms with Gasteiger partial charge in [-0.15, -0.1) is 0 Å². The highest BCUT2D eigenvalue weighted by Crippen LogP contribution is 2.27. The zero-order valence-corrected chi connectivity index (χ0v) is 17.8. The van der Waals surface area contributed by atoms with Crippen molar-refractivity contribution in [3.05, 3.63) is 81.9 Å². The minimum atomic E-state index is -0.130. The predicted molar refractivity (Wildman–Crippen MR) is 120 cm³/mol. The highest BCUT2D eigenvalue weighted by Gasteiger charge is 2.18. The van der Waals surface area contributed by atoms with E-state index >= 15 is 0 Å². The van der Waals surface area contributed by atoms with E-state index < -0.39 is 0 Å². The molecule has 4 rings (SSSR count). The lowest BCUT2D eigenvalue weighted by molar-refractivity contribution is 0.276. The molecule has 4 aromatic rings. The molecule has 0 radical (unpaired) electrons. The number of hydrogen-bond acceptors (Lipinski definition) is 6. The van der Waals surface area contributed by atoms with Gasteiger partial charge in [0, 0.05) is 18.9 Å². The minimum Gasteiger partial charge on any atom is -0.396 e. The summed E-state index contributed by atoms with van der Waals surface area (Å²) in [5.74, 6) is 0.419. The molecule has 0 bridgehead atoms. The van der Waals surface area contributed by atoms with Crippen molar-refractivity contribution < 1.29 is 5.11 Å². The van der Waals surface area contributed by atoms with E-state index in [-0.39, 0.29) is 12.2 Å². The number of para-hydroxylation sites is 2. The van der Waals surface area contributed by atoms with Gasteiger partial charge in [0.05, 0.1) is 33.5 Å².